The highest BCUT2D eigenvalue weighted by molar-refractivity contribution is 5.81. The van der Waals surface area contributed by atoms with Gasteiger partial charge >= 0.3 is 5.69 Å². The minimum absolute atomic E-state index is 0.0452. The lowest BCUT2D eigenvalue weighted by molar-refractivity contribution is -0.124. The van der Waals surface area contributed by atoms with Crippen molar-refractivity contribution in [3.63, 3.8) is 0 Å². The Balaban J connectivity index is 1.93. The van der Waals surface area contributed by atoms with Crippen LogP contribution in [-0.4, -0.2) is 15.5 Å². The Morgan fingerprint density at radius 2 is 1.68 bits per heavy atom. The van der Waals surface area contributed by atoms with Crippen LogP contribution < -0.4 is 16.6 Å². The predicted octanol–water partition coefficient (Wildman–Crippen LogP) is 2.55. The van der Waals surface area contributed by atoms with E-state index in [4.69, 9.17) is 0 Å². The molecular formula is C19H16F3N3O3. The van der Waals surface area contributed by atoms with Crippen LogP contribution in [0.2, 0.25) is 0 Å². The summed E-state index contributed by atoms with van der Waals surface area (Å²) in [5.74, 6) is -2.99. The summed E-state index contributed by atoms with van der Waals surface area (Å²) in [6.07, 6.45) is 0. The molecule has 1 amide bonds. The average Bonchev–Trinajstić information content (AvgIpc) is 2.62. The van der Waals surface area contributed by atoms with Crippen LogP contribution >= 0.6 is 0 Å². The fourth-order valence-corrected chi connectivity index (χ4v) is 2.93. The van der Waals surface area contributed by atoms with Gasteiger partial charge in [-0.15, -0.1) is 0 Å². The first-order valence-electron chi connectivity index (χ1n) is 8.38. The van der Waals surface area contributed by atoms with Crippen LogP contribution in [0.3, 0.4) is 0 Å². The molecule has 6 nitrogen and oxygen atoms in total. The topological polar surface area (TPSA) is 84.0 Å². The van der Waals surface area contributed by atoms with Gasteiger partial charge in [-0.3, -0.25) is 9.59 Å². The molecule has 0 aliphatic carbocycles. The summed E-state index contributed by atoms with van der Waals surface area (Å²) in [4.78, 5) is 39.8. The number of benzene rings is 2. The molecule has 3 aromatic rings. The Morgan fingerprint density at radius 3 is 2.36 bits per heavy atom. The summed E-state index contributed by atoms with van der Waals surface area (Å²) in [5, 5.41) is 2.39. The van der Waals surface area contributed by atoms with Gasteiger partial charge in [0.15, 0.2) is 0 Å². The van der Waals surface area contributed by atoms with Gasteiger partial charge in [-0.1, -0.05) is 6.07 Å². The lowest BCUT2D eigenvalue weighted by Crippen LogP contribution is -2.44. The van der Waals surface area contributed by atoms with Crippen molar-refractivity contribution in [2.24, 2.45) is 0 Å². The molecule has 1 heterocycles. The van der Waals surface area contributed by atoms with E-state index in [1.54, 1.807) is 0 Å². The zero-order valence-electron chi connectivity index (χ0n) is 14.9. The maximum absolute atomic E-state index is 13.9. The van der Waals surface area contributed by atoms with E-state index < -0.39 is 46.7 Å². The van der Waals surface area contributed by atoms with Gasteiger partial charge in [0.2, 0.25) is 5.91 Å². The third-order valence-electron chi connectivity index (χ3n) is 4.45. The van der Waals surface area contributed by atoms with Crippen LogP contribution in [0, 0.1) is 17.5 Å². The molecule has 0 unspecified atom stereocenters. The molecule has 1 aromatic heterocycles. The third kappa shape index (κ3) is 3.55. The molecule has 0 aliphatic rings. The monoisotopic (exact) mass is 391 g/mol. The smallest absolute Gasteiger partial charge is 0.329 e. The fraction of sp³-hybridized carbons (Fsp3) is 0.211. The number of nitrogens with zero attached hydrogens (tertiary/aromatic N) is 1. The lowest BCUT2D eigenvalue weighted by Gasteiger charge is -2.19. The second-order valence-corrected chi connectivity index (χ2v) is 6.37. The first kappa shape index (κ1) is 19.4. The lowest BCUT2D eigenvalue weighted by atomic mass is 10.1. The molecule has 0 spiro atoms. The maximum atomic E-state index is 13.9. The van der Waals surface area contributed by atoms with Crippen LogP contribution in [0.4, 0.5) is 13.2 Å². The summed E-state index contributed by atoms with van der Waals surface area (Å²) in [7, 11) is 0. The molecular weight excluding hydrogens is 375 g/mol. The molecule has 0 fully saturated rings. The van der Waals surface area contributed by atoms with E-state index in [0.29, 0.717) is 10.6 Å². The standard InChI is InChI=1S/C19H16F3N3O3/c1-9(13-5-3-12(21)8-15(13)22)23-17(26)10(2)25-18(27)14-7-11(20)4-6-16(14)24-19(25)28/h3-10H,1-2H3,(H,23,26)(H,24,28)/t9-,10+/m0/s1. The van der Waals surface area contributed by atoms with E-state index in [9.17, 15) is 27.6 Å². The van der Waals surface area contributed by atoms with Gasteiger partial charge in [0.25, 0.3) is 5.56 Å². The largest absolute Gasteiger partial charge is 0.348 e. The van der Waals surface area contributed by atoms with E-state index in [1.165, 1.54) is 26.0 Å². The summed E-state index contributed by atoms with van der Waals surface area (Å²) in [5.41, 5.74) is -1.49. The summed E-state index contributed by atoms with van der Waals surface area (Å²) in [6, 6.07) is 4.15. The fourth-order valence-electron chi connectivity index (χ4n) is 2.93. The van der Waals surface area contributed by atoms with Crippen molar-refractivity contribution < 1.29 is 18.0 Å². The van der Waals surface area contributed by atoms with Gasteiger partial charge in [0, 0.05) is 11.6 Å². The number of hydrogen-bond acceptors (Lipinski definition) is 3. The molecule has 146 valence electrons. The number of carbonyl (C=O) groups excluding carboxylic acids is 1. The van der Waals surface area contributed by atoms with E-state index in [2.05, 4.69) is 10.3 Å². The zero-order valence-corrected chi connectivity index (χ0v) is 14.9. The van der Waals surface area contributed by atoms with E-state index in [-0.39, 0.29) is 16.5 Å². The van der Waals surface area contributed by atoms with Crippen LogP contribution in [0.25, 0.3) is 10.9 Å². The third-order valence-corrected chi connectivity index (χ3v) is 4.45. The summed E-state index contributed by atoms with van der Waals surface area (Å²) in [6.45, 7) is 2.79. The van der Waals surface area contributed by atoms with Gasteiger partial charge in [-0.25, -0.2) is 22.5 Å². The number of amides is 1. The number of halogens is 3. The van der Waals surface area contributed by atoms with Crippen LogP contribution in [-0.2, 0) is 4.79 Å². The SMILES string of the molecule is C[C@H](NC(=O)[C@@H](C)n1c(=O)[nH]c2ccc(F)cc2c1=O)c1ccc(F)cc1F. The number of hydrogen-bond donors (Lipinski definition) is 2. The highest BCUT2D eigenvalue weighted by Crippen LogP contribution is 2.18. The molecule has 9 heteroatoms. The minimum atomic E-state index is -1.25. The van der Waals surface area contributed by atoms with Crippen molar-refractivity contribution in [1.29, 1.82) is 0 Å². The summed E-state index contributed by atoms with van der Waals surface area (Å²) < 4.78 is 41.0. The minimum Gasteiger partial charge on any atom is -0.348 e. The van der Waals surface area contributed by atoms with Gasteiger partial charge in [0.1, 0.15) is 23.5 Å². The second-order valence-electron chi connectivity index (χ2n) is 6.37. The number of carbonyl (C=O) groups is 1. The Labute approximate surface area is 156 Å². The van der Waals surface area contributed by atoms with Gasteiger partial charge < -0.3 is 10.3 Å². The van der Waals surface area contributed by atoms with Gasteiger partial charge in [-0.05, 0) is 38.1 Å². The number of aromatic amines is 1. The van der Waals surface area contributed by atoms with Crippen molar-refractivity contribution in [3.8, 4) is 0 Å². The van der Waals surface area contributed by atoms with Crippen molar-refractivity contribution in [2.45, 2.75) is 25.9 Å². The van der Waals surface area contributed by atoms with Gasteiger partial charge in [-0.2, -0.15) is 0 Å². The number of rotatable bonds is 4. The van der Waals surface area contributed by atoms with E-state index >= 15 is 0 Å². The van der Waals surface area contributed by atoms with E-state index in [0.717, 1.165) is 18.2 Å². The first-order chi connectivity index (χ1) is 13.2. The molecule has 3 rings (SSSR count). The van der Waals surface area contributed by atoms with Crippen LogP contribution in [0.15, 0.2) is 46.0 Å². The maximum Gasteiger partial charge on any atom is 0.329 e. The Bertz CT molecular complexity index is 1190. The number of fused-ring (bicyclic) bond motifs is 1. The average molecular weight is 391 g/mol. The highest BCUT2D eigenvalue weighted by Gasteiger charge is 2.23. The number of nitrogens with one attached hydrogen (secondary N) is 2. The Kier molecular flexibility index (Phi) is 5.08. The molecule has 0 aliphatic heterocycles. The van der Waals surface area contributed by atoms with Crippen molar-refractivity contribution in [1.82, 2.24) is 14.9 Å². The Morgan fingerprint density at radius 1 is 1.04 bits per heavy atom. The molecule has 0 saturated carbocycles. The van der Waals surface area contributed by atoms with Crippen molar-refractivity contribution in [3.05, 3.63) is 80.3 Å². The predicted molar refractivity (Wildman–Crippen MR) is 96.4 cm³/mol. The molecule has 2 atom stereocenters. The second kappa shape index (κ2) is 7.34. The quantitative estimate of drug-likeness (QED) is 0.717. The van der Waals surface area contributed by atoms with Crippen LogP contribution in [0.1, 0.15) is 31.5 Å². The molecule has 0 saturated heterocycles. The van der Waals surface area contributed by atoms with Crippen molar-refractivity contribution >= 4 is 16.8 Å². The Hall–Kier alpha value is -3.36. The van der Waals surface area contributed by atoms with Crippen LogP contribution in [0.5, 0.6) is 0 Å². The molecule has 0 bridgehead atoms. The molecule has 28 heavy (non-hydrogen) atoms. The normalized spacial score (nSPS) is 13.3. The zero-order chi connectivity index (χ0) is 20.6. The van der Waals surface area contributed by atoms with Gasteiger partial charge in [0.05, 0.1) is 16.9 Å². The highest BCUT2D eigenvalue weighted by atomic mass is 19.1. The van der Waals surface area contributed by atoms with Crippen molar-refractivity contribution in [2.75, 3.05) is 0 Å². The molecule has 2 N–H and O–H groups in total. The number of aromatic nitrogens is 2. The summed E-state index contributed by atoms with van der Waals surface area (Å²) >= 11 is 0. The van der Waals surface area contributed by atoms with E-state index in [1.807, 2.05) is 0 Å². The molecule has 0 radical (unpaired) electrons. The molecule has 2 aromatic carbocycles. The number of H-pyrrole nitrogens is 1. The first-order valence-corrected chi connectivity index (χ1v) is 8.38.